The molecule has 0 saturated carbocycles. The van der Waals surface area contributed by atoms with Crippen LogP contribution in [0.3, 0.4) is 0 Å². The van der Waals surface area contributed by atoms with Crippen LogP contribution in [0.15, 0.2) is 54.6 Å². The molecule has 1 heterocycles. The highest BCUT2D eigenvalue weighted by Gasteiger charge is 2.34. The Morgan fingerprint density at radius 3 is 2.43 bits per heavy atom. The largest absolute Gasteiger partial charge is 0.349 e. The summed E-state index contributed by atoms with van der Waals surface area (Å²) in [4.78, 5) is 11.8. The Balaban J connectivity index is 1.96. The Kier molecular flexibility index (Phi) is 3.69. The Hall–Kier alpha value is -2.23. The van der Waals surface area contributed by atoms with E-state index in [4.69, 9.17) is 0 Å². The lowest BCUT2D eigenvalue weighted by atomic mass is 9.87. The lowest BCUT2D eigenvalue weighted by Gasteiger charge is -2.20. The summed E-state index contributed by atoms with van der Waals surface area (Å²) in [5.74, 6) is -0.157. The third-order valence-electron chi connectivity index (χ3n) is 3.87. The van der Waals surface area contributed by atoms with Gasteiger partial charge in [-0.25, -0.2) is 8.78 Å². The maximum absolute atomic E-state index is 12.8. The fourth-order valence-corrected chi connectivity index (χ4v) is 2.86. The smallest absolute Gasteiger partial charge is 0.263 e. The number of halogens is 2. The molecule has 0 aromatic heterocycles. The van der Waals surface area contributed by atoms with Crippen molar-refractivity contribution in [2.75, 3.05) is 0 Å². The van der Waals surface area contributed by atoms with Gasteiger partial charge < -0.3 is 5.32 Å². The van der Waals surface area contributed by atoms with E-state index in [2.05, 4.69) is 5.32 Å². The van der Waals surface area contributed by atoms with Crippen LogP contribution in [0.5, 0.6) is 0 Å². The molecular formula is C17H15F2NO. The first-order chi connectivity index (χ1) is 10.1. The minimum Gasteiger partial charge on any atom is -0.349 e. The third kappa shape index (κ3) is 2.79. The third-order valence-corrected chi connectivity index (χ3v) is 3.87. The molecule has 0 radical (unpaired) electrons. The molecule has 1 fully saturated rings. The zero-order valence-corrected chi connectivity index (χ0v) is 11.3. The Labute approximate surface area is 121 Å². The Bertz CT molecular complexity index is 642. The van der Waals surface area contributed by atoms with Crippen LogP contribution < -0.4 is 5.32 Å². The first-order valence-corrected chi connectivity index (χ1v) is 6.87. The molecule has 1 saturated heterocycles. The summed E-state index contributed by atoms with van der Waals surface area (Å²) in [6.07, 6.45) is -2.17. The molecule has 0 aliphatic carbocycles. The van der Waals surface area contributed by atoms with Crippen LogP contribution in [0.25, 0.3) is 0 Å². The second-order valence-corrected chi connectivity index (χ2v) is 5.24. The summed E-state index contributed by atoms with van der Waals surface area (Å²) in [7, 11) is 0. The Morgan fingerprint density at radius 2 is 1.71 bits per heavy atom. The van der Waals surface area contributed by atoms with Gasteiger partial charge in [-0.05, 0) is 17.2 Å². The molecule has 108 valence electrons. The Morgan fingerprint density at radius 1 is 1.00 bits per heavy atom. The number of carbonyl (C=O) groups excluding carboxylic acids is 1. The van der Waals surface area contributed by atoms with Crippen molar-refractivity contribution in [3.8, 4) is 0 Å². The van der Waals surface area contributed by atoms with E-state index in [0.29, 0.717) is 6.42 Å². The van der Waals surface area contributed by atoms with E-state index in [9.17, 15) is 13.6 Å². The summed E-state index contributed by atoms with van der Waals surface area (Å²) < 4.78 is 25.7. The first-order valence-electron chi connectivity index (χ1n) is 6.87. The lowest BCUT2D eigenvalue weighted by molar-refractivity contribution is -0.119. The zero-order chi connectivity index (χ0) is 14.8. The van der Waals surface area contributed by atoms with Crippen molar-refractivity contribution in [3.05, 3.63) is 71.3 Å². The SMILES string of the molecule is O=C1CC(c2cccc(C(F)F)c2)C(c2ccccc2)N1. The highest BCUT2D eigenvalue weighted by Crippen LogP contribution is 2.39. The fourth-order valence-electron chi connectivity index (χ4n) is 2.86. The number of hydrogen-bond donors (Lipinski definition) is 1. The van der Waals surface area contributed by atoms with Gasteiger partial charge in [0, 0.05) is 17.9 Å². The molecule has 1 N–H and O–H groups in total. The number of amides is 1. The van der Waals surface area contributed by atoms with E-state index in [-0.39, 0.29) is 23.4 Å². The quantitative estimate of drug-likeness (QED) is 0.909. The maximum atomic E-state index is 12.8. The summed E-state index contributed by atoms with van der Waals surface area (Å²) in [5, 5.41) is 2.94. The number of benzene rings is 2. The average molecular weight is 287 g/mol. The van der Waals surface area contributed by atoms with Gasteiger partial charge in [0.2, 0.25) is 5.91 Å². The summed E-state index contributed by atoms with van der Waals surface area (Å²) in [6, 6.07) is 15.8. The van der Waals surface area contributed by atoms with Crippen molar-refractivity contribution < 1.29 is 13.6 Å². The van der Waals surface area contributed by atoms with Crippen LogP contribution in [0.1, 0.15) is 41.5 Å². The molecule has 0 spiro atoms. The molecule has 2 nitrogen and oxygen atoms in total. The second-order valence-electron chi connectivity index (χ2n) is 5.24. The van der Waals surface area contributed by atoms with E-state index in [0.717, 1.165) is 11.1 Å². The van der Waals surface area contributed by atoms with Crippen molar-refractivity contribution in [1.82, 2.24) is 5.32 Å². The predicted molar refractivity (Wildman–Crippen MR) is 76.1 cm³/mol. The summed E-state index contributed by atoms with van der Waals surface area (Å²) in [5.41, 5.74) is 1.77. The molecule has 21 heavy (non-hydrogen) atoms. The number of nitrogens with one attached hydrogen (secondary N) is 1. The number of alkyl halides is 2. The minimum absolute atomic E-state index is 0.00124. The number of rotatable bonds is 3. The molecule has 0 bridgehead atoms. The van der Waals surface area contributed by atoms with E-state index in [1.54, 1.807) is 6.07 Å². The maximum Gasteiger partial charge on any atom is 0.263 e. The molecular weight excluding hydrogens is 272 g/mol. The zero-order valence-electron chi connectivity index (χ0n) is 11.3. The second kappa shape index (κ2) is 5.64. The van der Waals surface area contributed by atoms with Crippen molar-refractivity contribution >= 4 is 5.91 Å². The van der Waals surface area contributed by atoms with Crippen molar-refractivity contribution in [1.29, 1.82) is 0 Å². The monoisotopic (exact) mass is 287 g/mol. The summed E-state index contributed by atoms with van der Waals surface area (Å²) in [6.45, 7) is 0. The van der Waals surface area contributed by atoms with Gasteiger partial charge in [-0.3, -0.25) is 4.79 Å². The standard InChI is InChI=1S/C17H15F2NO/c18-17(19)13-8-4-7-12(9-13)14-10-15(21)20-16(14)11-5-2-1-3-6-11/h1-9,14,16-17H,10H2,(H,20,21). The van der Waals surface area contributed by atoms with Crippen molar-refractivity contribution in [2.24, 2.45) is 0 Å². The molecule has 2 aromatic rings. The number of carbonyl (C=O) groups is 1. The highest BCUT2D eigenvalue weighted by atomic mass is 19.3. The van der Waals surface area contributed by atoms with Crippen LogP contribution in [0, 0.1) is 0 Å². The molecule has 2 aromatic carbocycles. The van der Waals surface area contributed by atoms with E-state index >= 15 is 0 Å². The van der Waals surface area contributed by atoms with Crippen LogP contribution in [-0.4, -0.2) is 5.91 Å². The van der Waals surface area contributed by atoms with Gasteiger partial charge in [-0.15, -0.1) is 0 Å². The van der Waals surface area contributed by atoms with Gasteiger partial charge >= 0.3 is 0 Å². The minimum atomic E-state index is -2.50. The van der Waals surface area contributed by atoms with Gasteiger partial charge in [0.05, 0.1) is 6.04 Å². The summed E-state index contributed by atoms with van der Waals surface area (Å²) >= 11 is 0. The van der Waals surface area contributed by atoms with Crippen LogP contribution in [0.4, 0.5) is 8.78 Å². The molecule has 2 atom stereocenters. The molecule has 4 heteroatoms. The molecule has 1 aliphatic rings. The van der Waals surface area contributed by atoms with Gasteiger partial charge in [-0.1, -0.05) is 48.5 Å². The first kappa shape index (κ1) is 13.7. The van der Waals surface area contributed by atoms with Gasteiger partial charge in [0.1, 0.15) is 0 Å². The van der Waals surface area contributed by atoms with Gasteiger partial charge in [-0.2, -0.15) is 0 Å². The van der Waals surface area contributed by atoms with Crippen LogP contribution in [0.2, 0.25) is 0 Å². The fraction of sp³-hybridized carbons (Fsp3) is 0.235. The number of hydrogen-bond acceptors (Lipinski definition) is 1. The van der Waals surface area contributed by atoms with E-state index < -0.39 is 6.43 Å². The van der Waals surface area contributed by atoms with Crippen LogP contribution in [-0.2, 0) is 4.79 Å². The average Bonchev–Trinajstić information content (AvgIpc) is 2.90. The molecule has 2 unspecified atom stereocenters. The van der Waals surface area contributed by atoms with E-state index in [1.807, 2.05) is 36.4 Å². The molecule has 3 rings (SSSR count). The topological polar surface area (TPSA) is 29.1 Å². The molecule has 1 amide bonds. The van der Waals surface area contributed by atoms with Gasteiger partial charge in [0.15, 0.2) is 0 Å². The van der Waals surface area contributed by atoms with Crippen molar-refractivity contribution in [3.63, 3.8) is 0 Å². The van der Waals surface area contributed by atoms with E-state index in [1.165, 1.54) is 12.1 Å². The predicted octanol–water partition coefficient (Wildman–Crippen LogP) is 3.97. The van der Waals surface area contributed by atoms with Crippen molar-refractivity contribution in [2.45, 2.75) is 24.8 Å². The van der Waals surface area contributed by atoms with Gasteiger partial charge in [0.25, 0.3) is 6.43 Å². The lowest BCUT2D eigenvalue weighted by Crippen LogP contribution is -2.20. The molecule has 1 aliphatic heterocycles. The normalized spacial score (nSPS) is 21.6. The highest BCUT2D eigenvalue weighted by molar-refractivity contribution is 5.80. The van der Waals surface area contributed by atoms with Crippen LogP contribution >= 0.6 is 0 Å².